The Bertz CT molecular complexity index is 1070. The van der Waals surface area contributed by atoms with Gasteiger partial charge in [0.2, 0.25) is 0 Å². The quantitative estimate of drug-likeness (QED) is 0.558. The number of carbonyl (C=O) groups is 1. The fourth-order valence-electron chi connectivity index (χ4n) is 2.33. The van der Waals surface area contributed by atoms with Crippen LogP contribution in [0.15, 0.2) is 47.1 Å². The van der Waals surface area contributed by atoms with Gasteiger partial charge in [-0.3, -0.25) is 4.98 Å². The van der Waals surface area contributed by atoms with Gasteiger partial charge in [-0.2, -0.15) is 4.98 Å². The highest BCUT2D eigenvalue weighted by molar-refractivity contribution is 7.19. The van der Waals surface area contributed by atoms with Crippen molar-refractivity contribution in [2.75, 3.05) is 0 Å². The van der Waals surface area contributed by atoms with Crippen LogP contribution in [0.5, 0.6) is 0 Å². The molecule has 0 saturated heterocycles. The van der Waals surface area contributed by atoms with E-state index in [-0.39, 0.29) is 12.4 Å². The Labute approximate surface area is 155 Å². The predicted molar refractivity (Wildman–Crippen MR) is 94.1 cm³/mol. The summed E-state index contributed by atoms with van der Waals surface area (Å²) in [6, 6.07) is 10.7. The molecular weight excluding hydrogens is 378 g/mol. The molecule has 4 rings (SSSR count). The summed E-state index contributed by atoms with van der Waals surface area (Å²) >= 11 is 7.32. The lowest BCUT2D eigenvalue weighted by molar-refractivity contribution is 0.0683. The minimum absolute atomic E-state index is 0.189. The molecule has 0 atom stereocenters. The molecule has 130 valence electrons. The zero-order chi connectivity index (χ0) is 18.1. The SMILES string of the molecule is O=C(O)c1nc(-c2ccccn2)n(Cc2cc(-c3ccc(Cl)s3)on2)n1. The lowest BCUT2D eigenvalue weighted by Gasteiger charge is -2.02. The Morgan fingerprint density at radius 1 is 1.31 bits per heavy atom. The third-order valence-corrected chi connectivity index (χ3v) is 4.69. The van der Waals surface area contributed by atoms with Crippen LogP contribution in [-0.4, -0.2) is 36.0 Å². The molecule has 0 spiro atoms. The average Bonchev–Trinajstić information content (AvgIpc) is 3.36. The fraction of sp³-hybridized carbons (Fsp3) is 0.0625. The van der Waals surface area contributed by atoms with Crippen LogP contribution < -0.4 is 0 Å². The summed E-state index contributed by atoms with van der Waals surface area (Å²) in [5.41, 5.74) is 1.09. The van der Waals surface area contributed by atoms with Crippen molar-refractivity contribution >= 4 is 28.9 Å². The standard InChI is InChI=1S/C16H10ClN5O3S/c17-13-5-4-12(26-13)11-7-9(21-25-11)8-22-15(10-3-1-2-6-18-10)19-14(20-22)16(23)24/h1-7H,8H2,(H,23,24). The molecule has 4 heterocycles. The maximum Gasteiger partial charge on any atom is 0.375 e. The lowest BCUT2D eigenvalue weighted by Crippen LogP contribution is -2.06. The number of rotatable bonds is 5. The summed E-state index contributed by atoms with van der Waals surface area (Å²) in [5.74, 6) is -0.601. The van der Waals surface area contributed by atoms with Crippen molar-refractivity contribution in [3.05, 3.63) is 58.4 Å². The van der Waals surface area contributed by atoms with E-state index in [0.29, 0.717) is 27.3 Å². The molecule has 0 unspecified atom stereocenters. The monoisotopic (exact) mass is 387 g/mol. The van der Waals surface area contributed by atoms with Crippen molar-refractivity contribution in [2.24, 2.45) is 0 Å². The first-order chi connectivity index (χ1) is 12.6. The Morgan fingerprint density at radius 3 is 2.88 bits per heavy atom. The summed E-state index contributed by atoms with van der Waals surface area (Å²) in [6.45, 7) is 0.189. The van der Waals surface area contributed by atoms with Crippen molar-refractivity contribution in [1.29, 1.82) is 0 Å². The molecule has 26 heavy (non-hydrogen) atoms. The first kappa shape index (κ1) is 16.4. The molecule has 10 heteroatoms. The molecule has 0 aliphatic heterocycles. The third-order valence-electron chi connectivity index (χ3n) is 3.44. The van der Waals surface area contributed by atoms with Gasteiger partial charge in [-0.05, 0) is 24.3 Å². The molecule has 8 nitrogen and oxygen atoms in total. The molecule has 0 saturated carbocycles. The van der Waals surface area contributed by atoms with Crippen molar-refractivity contribution in [3.8, 4) is 22.2 Å². The van der Waals surface area contributed by atoms with Gasteiger partial charge in [0.05, 0.1) is 15.8 Å². The highest BCUT2D eigenvalue weighted by atomic mass is 35.5. The Kier molecular flexibility index (Phi) is 4.23. The van der Waals surface area contributed by atoms with Crippen LogP contribution in [0.3, 0.4) is 0 Å². The normalized spacial score (nSPS) is 11.0. The second kappa shape index (κ2) is 6.70. The van der Waals surface area contributed by atoms with Crippen LogP contribution in [0.25, 0.3) is 22.2 Å². The number of pyridine rings is 1. The summed E-state index contributed by atoms with van der Waals surface area (Å²) < 4.78 is 7.43. The van der Waals surface area contributed by atoms with Gasteiger partial charge < -0.3 is 9.63 Å². The zero-order valence-corrected chi connectivity index (χ0v) is 14.6. The van der Waals surface area contributed by atoms with Gasteiger partial charge in [-0.1, -0.05) is 22.8 Å². The van der Waals surface area contributed by atoms with Gasteiger partial charge in [0.15, 0.2) is 11.6 Å². The van der Waals surface area contributed by atoms with Crippen LogP contribution in [0.4, 0.5) is 0 Å². The smallest absolute Gasteiger partial charge is 0.375 e. The Balaban J connectivity index is 1.68. The molecule has 0 fully saturated rings. The molecule has 0 aromatic carbocycles. The minimum atomic E-state index is -1.21. The second-order valence-electron chi connectivity index (χ2n) is 5.22. The van der Waals surface area contributed by atoms with Crippen LogP contribution in [0.1, 0.15) is 16.3 Å². The molecule has 0 amide bonds. The van der Waals surface area contributed by atoms with Crippen LogP contribution in [0.2, 0.25) is 4.34 Å². The van der Waals surface area contributed by atoms with Crippen molar-refractivity contribution < 1.29 is 14.4 Å². The summed E-state index contributed by atoms with van der Waals surface area (Å²) in [5, 5.41) is 17.2. The fourth-order valence-corrected chi connectivity index (χ4v) is 3.32. The van der Waals surface area contributed by atoms with Gasteiger partial charge >= 0.3 is 5.97 Å². The van der Waals surface area contributed by atoms with Crippen molar-refractivity contribution in [2.45, 2.75) is 6.54 Å². The highest BCUT2D eigenvalue weighted by Gasteiger charge is 2.19. The largest absolute Gasteiger partial charge is 0.475 e. The van der Waals surface area contributed by atoms with E-state index < -0.39 is 5.97 Å². The molecule has 0 radical (unpaired) electrons. The molecule has 0 bridgehead atoms. The molecule has 0 aliphatic carbocycles. The number of halogens is 1. The van der Waals surface area contributed by atoms with Gasteiger partial charge in [0.25, 0.3) is 5.82 Å². The average molecular weight is 388 g/mol. The number of hydrogen-bond donors (Lipinski definition) is 1. The lowest BCUT2D eigenvalue weighted by atomic mass is 10.3. The van der Waals surface area contributed by atoms with E-state index in [1.165, 1.54) is 16.0 Å². The number of carboxylic acid groups (broad SMARTS) is 1. The molecule has 1 N–H and O–H groups in total. The van der Waals surface area contributed by atoms with E-state index in [9.17, 15) is 9.90 Å². The van der Waals surface area contributed by atoms with E-state index in [4.69, 9.17) is 16.1 Å². The number of aromatic carboxylic acids is 1. The van der Waals surface area contributed by atoms with E-state index >= 15 is 0 Å². The maximum absolute atomic E-state index is 11.2. The van der Waals surface area contributed by atoms with E-state index in [1.807, 2.05) is 6.07 Å². The van der Waals surface area contributed by atoms with E-state index in [1.54, 1.807) is 36.5 Å². The summed E-state index contributed by atoms with van der Waals surface area (Å²) in [6.07, 6.45) is 1.60. The van der Waals surface area contributed by atoms with Gasteiger partial charge in [-0.15, -0.1) is 16.4 Å². The molecule has 0 aliphatic rings. The highest BCUT2D eigenvalue weighted by Crippen LogP contribution is 2.31. The minimum Gasteiger partial charge on any atom is -0.475 e. The van der Waals surface area contributed by atoms with E-state index in [0.717, 1.165) is 4.88 Å². The van der Waals surface area contributed by atoms with Gasteiger partial charge in [0, 0.05) is 12.3 Å². The van der Waals surface area contributed by atoms with E-state index in [2.05, 4.69) is 20.2 Å². The Hall–Kier alpha value is -3.04. The van der Waals surface area contributed by atoms with Crippen LogP contribution >= 0.6 is 22.9 Å². The molecule has 4 aromatic heterocycles. The summed E-state index contributed by atoms with van der Waals surface area (Å²) in [7, 11) is 0. The van der Waals surface area contributed by atoms with Gasteiger partial charge in [0.1, 0.15) is 11.4 Å². The first-order valence-corrected chi connectivity index (χ1v) is 8.60. The Morgan fingerprint density at radius 2 is 2.19 bits per heavy atom. The van der Waals surface area contributed by atoms with Gasteiger partial charge in [-0.25, -0.2) is 9.48 Å². The summed E-state index contributed by atoms with van der Waals surface area (Å²) in [4.78, 5) is 20.4. The number of nitrogens with zero attached hydrogens (tertiary/aromatic N) is 5. The van der Waals surface area contributed by atoms with Crippen LogP contribution in [-0.2, 0) is 6.54 Å². The number of thiophene rings is 1. The second-order valence-corrected chi connectivity index (χ2v) is 6.94. The van der Waals surface area contributed by atoms with Crippen LogP contribution in [0, 0.1) is 0 Å². The molecular formula is C16H10ClN5O3S. The first-order valence-electron chi connectivity index (χ1n) is 7.41. The maximum atomic E-state index is 11.2. The van der Waals surface area contributed by atoms with Crippen molar-refractivity contribution in [3.63, 3.8) is 0 Å². The third kappa shape index (κ3) is 3.22. The predicted octanol–water partition coefficient (Wildman–Crippen LogP) is 3.46. The number of hydrogen-bond acceptors (Lipinski definition) is 7. The zero-order valence-electron chi connectivity index (χ0n) is 13.0. The number of aromatic nitrogens is 5. The van der Waals surface area contributed by atoms with Crippen molar-refractivity contribution in [1.82, 2.24) is 24.9 Å². The topological polar surface area (TPSA) is 107 Å². The molecule has 4 aromatic rings. The number of carboxylic acids is 1.